The van der Waals surface area contributed by atoms with Gasteiger partial charge in [-0.3, -0.25) is 4.90 Å². The fraction of sp³-hybridized carbons (Fsp3) is 0.733. The molecule has 114 valence electrons. The Morgan fingerprint density at radius 3 is 2.95 bits per heavy atom. The molecule has 0 bridgehead atoms. The summed E-state index contributed by atoms with van der Waals surface area (Å²) in [6.07, 6.45) is 5.52. The van der Waals surface area contributed by atoms with Gasteiger partial charge in [0.25, 0.3) is 0 Å². The summed E-state index contributed by atoms with van der Waals surface area (Å²) in [6, 6.07) is 3.11. The smallest absolute Gasteiger partial charge is 0.0596 e. The molecule has 0 aromatic carbocycles. The average Bonchev–Trinajstić information content (AvgIpc) is 2.87. The van der Waals surface area contributed by atoms with Crippen LogP contribution in [0.25, 0.3) is 0 Å². The lowest BCUT2D eigenvalue weighted by atomic mass is 9.93. The number of hydrogen-bond acceptors (Lipinski definition) is 4. The molecule has 2 heterocycles. The molecule has 1 fully saturated rings. The number of aliphatic hydroxyl groups excluding tert-OH is 1. The Morgan fingerprint density at radius 1 is 1.55 bits per heavy atom. The van der Waals surface area contributed by atoms with Gasteiger partial charge >= 0.3 is 0 Å². The van der Waals surface area contributed by atoms with Crippen LogP contribution >= 0.6 is 27.3 Å². The second-order valence-corrected chi connectivity index (χ2v) is 7.44. The summed E-state index contributed by atoms with van der Waals surface area (Å²) < 4.78 is 1.14. The fourth-order valence-corrected chi connectivity index (χ4v) is 4.81. The van der Waals surface area contributed by atoms with Crippen molar-refractivity contribution in [3.8, 4) is 0 Å². The largest absolute Gasteiger partial charge is 0.396 e. The molecular formula is C15H25BrN2OS. The van der Waals surface area contributed by atoms with Gasteiger partial charge in [-0.2, -0.15) is 0 Å². The maximum atomic E-state index is 9.33. The highest BCUT2D eigenvalue weighted by molar-refractivity contribution is 9.10. The number of rotatable bonds is 6. The van der Waals surface area contributed by atoms with Gasteiger partial charge < -0.3 is 10.8 Å². The Labute approximate surface area is 134 Å². The average molecular weight is 361 g/mol. The molecule has 1 aromatic rings. The fourth-order valence-electron chi connectivity index (χ4n) is 3.18. The molecule has 20 heavy (non-hydrogen) atoms. The Morgan fingerprint density at radius 2 is 2.35 bits per heavy atom. The zero-order valence-corrected chi connectivity index (χ0v) is 14.5. The highest BCUT2D eigenvalue weighted by atomic mass is 79.9. The number of nitrogens with zero attached hydrogens (tertiary/aromatic N) is 1. The van der Waals surface area contributed by atoms with Crippen molar-refractivity contribution >= 4 is 27.3 Å². The Kier molecular flexibility index (Phi) is 6.49. The SMILES string of the molecule is CCC(N)C(c1cc(Br)cs1)N1CCCCC1CCO. The second-order valence-electron chi connectivity index (χ2n) is 5.58. The van der Waals surface area contributed by atoms with Crippen molar-refractivity contribution in [2.75, 3.05) is 13.2 Å². The number of halogens is 1. The van der Waals surface area contributed by atoms with E-state index in [1.165, 1.54) is 24.1 Å². The van der Waals surface area contributed by atoms with Crippen molar-refractivity contribution in [2.24, 2.45) is 5.73 Å². The standard InChI is InChI=1S/C15H25BrN2OS/c1-2-13(17)15(14-9-11(16)10-20-14)18-7-4-3-5-12(18)6-8-19/h9-10,12-13,15,19H,2-8,17H2,1H3. The molecule has 3 unspecified atom stereocenters. The summed E-state index contributed by atoms with van der Waals surface area (Å²) in [7, 11) is 0. The van der Waals surface area contributed by atoms with Gasteiger partial charge in [-0.1, -0.05) is 13.3 Å². The van der Waals surface area contributed by atoms with Crippen LogP contribution in [0.4, 0.5) is 0 Å². The number of piperidine rings is 1. The Bertz CT molecular complexity index is 410. The van der Waals surface area contributed by atoms with Crippen LogP contribution in [0.3, 0.4) is 0 Å². The van der Waals surface area contributed by atoms with Crippen molar-refractivity contribution in [2.45, 2.75) is 57.2 Å². The van der Waals surface area contributed by atoms with E-state index in [9.17, 15) is 5.11 Å². The van der Waals surface area contributed by atoms with Crippen LogP contribution in [0.15, 0.2) is 15.9 Å². The molecule has 0 saturated carbocycles. The molecule has 1 aromatic heterocycles. The molecule has 2 rings (SSSR count). The molecular weight excluding hydrogens is 336 g/mol. The van der Waals surface area contributed by atoms with Crippen molar-refractivity contribution in [3.05, 3.63) is 20.8 Å². The van der Waals surface area contributed by atoms with E-state index in [0.29, 0.717) is 6.04 Å². The third-order valence-corrected chi connectivity index (χ3v) is 6.01. The van der Waals surface area contributed by atoms with Gasteiger partial charge in [0.15, 0.2) is 0 Å². The number of nitrogens with two attached hydrogens (primary N) is 1. The Hall–Kier alpha value is 0.0600. The van der Waals surface area contributed by atoms with Crippen molar-refractivity contribution in [3.63, 3.8) is 0 Å². The molecule has 0 radical (unpaired) electrons. The van der Waals surface area contributed by atoms with Gasteiger partial charge in [0.1, 0.15) is 0 Å². The minimum atomic E-state index is 0.153. The van der Waals surface area contributed by atoms with E-state index in [-0.39, 0.29) is 18.7 Å². The van der Waals surface area contributed by atoms with Crippen molar-refractivity contribution in [1.29, 1.82) is 0 Å². The van der Waals surface area contributed by atoms with Gasteiger partial charge in [-0.05, 0) is 54.2 Å². The van der Waals surface area contributed by atoms with Crippen molar-refractivity contribution < 1.29 is 5.11 Å². The van der Waals surface area contributed by atoms with E-state index in [1.807, 2.05) is 0 Å². The van der Waals surface area contributed by atoms with E-state index < -0.39 is 0 Å². The summed E-state index contributed by atoms with van der Waals surface area (Å²) in [5, 5.41) is 11.5. The molecule has 1 saturated heterocycles. The van der Waals surface area contributed by atoms with Crippen LogP contribution in [-0.4, -0.2) is 35.2 Å². The molecule has 3 N–H and O–H groups in total. The number of likely N-dealkylation sites (tertiary alicyclic amines) is 1. The predicted molar refractivity (Wildman–Crippen MR) is 89.1 cm³/mol. The first-order valence-electron chi connectivity index (χ1n) is 7.53. The lowest BCUT2D eigenvalue weighted by Crippen LogP contribution is -2.48. The predicted octanol–water partition coefficient (Wildman–Crippen LogP) is 3.53. The highest BCUT2D eigenvalue weighted by Crippen LogP contribution is 2.36. The monoisotopic (exact) mass is 360 g/mol. The molecule has 0 aliphatic carbocycles. The van der Waals surface area contributed by atoms with Crippen LogP contribution in [0.2, 0.25) is 0 Å². The molecule has 1 aliphatic rings. The summed E-state index contributed by atoms with van der Waals surface area (Å²) in [5.41, 5.74) is 6.43. The van der Waals surface area contributed by atoms with E-state index >= 15 is 0 Å². The first-order chi connectivity index (χ1) is 9.67. The number of thiophene rings is 1. The maximum Gasteiger partial charge on any atom is 0.0596 e. The summed E-state index contributed by atoms with van der Waals surface area (Å²) in [5.74, 6) is 0. The van der Waals surface area contributed by atoms with Gasteiger partial charge in [0.2, 0.25) is 0 Å². The van der Waals surface area contributed by atoms with E-state index in [1.54, 1.807) is 11.3 Å². The summed E-state index contributed by atoms with van der Waals surface area (Å²) in [6.45, 7) is 3.52. The van der Waals surface area contributed by atoms with Gasteiger partial charge in [-0.25, -0.2) is 0 Å². The molecule has 0 amide bonds. The summed E-state index contributed by atoms with van der Waals surface area (Å²) in [4.78, 5) is 3.89. The molecule has 3 atom stereocenters. The summed E-state index contributed by atoms with van der Waals surface area (Å²) >= 11 is 5.34. The lowest BCUT2D eigenvalue weighted by molar-refractivity contribution is 0.0635. The molecule has 3 nitrogen and oxygen atoms in total. The highest BCUT2D eigenvalue weighted by Gasteiger charge is 2.33. The van der Waals surface area contributed by atoms with Crippen LogP contribution in [-0.2, 0) is 0 Å². The molecule has 1 aliphatic heterocycles. The third kappa shape index (κ3) is 3.83. The van der Waals surface area contributed by atoms with Crippen LogP contribution in [0, 0.1) is 0 Å². The maximum absolute atomic E-state index is 9.33. The van der Waals surface area contributed by atoms with Gasteiger partial charge in [0, 0.05) is 33.4 Å². The normalized spacial score (nSPS) is 23.7. The van der Waals surface area contributed by atoms with E-state index in [0.717, 1.165) is 23.9 Å². The number of aliphatic hydroxyl groups is 1. The molecule has 5 heteroatoms. The first kappa shape index (κ1) is 16.4. The number of hydrogen-bond donors (Lipinski definition) is 2. The third-order valence-electron chi connectivity index (χ3n) is 4.25. The van der Waals surface area contributed by atoms with Crippen LogP contribution in [0.5, 0.6) is 0 Å². The van der Waals surface area contributed by atoms with E-state index in [4.69, 9.17) is 5.73 Å². The van der Waals surface area contributed by atoms with Crippen LogP contribution < -0.4 is 5.73 Å². The zero-order valence-electron chi connectivity index (χ0n) is 12.1. The Balaban J connectivity index is 2.24. The minimum Gasteiger partial charge on any atom is -0.396 e. The minimum absolute atomic E-state index is 0.153. The topological polar surface area (TPSA) is 49.5 Å². The second kappa shape index (κ2) is 7.90. The van der Waals surface area contributed by atoms with Crippen LogP contribution in [0.1, 0.15) is 49.9 Å². The lowest BCUT2D eigenvalue weighted by Gasteiger charge is -2.43. The van der Waals surface area contributed by atoms with E-state index in [2.05, 4.69) is 39.2 Å². The van der Waals surface area contributed by atoms with Gasteiger partial charge in [-0.15, -0.1) is 11.3 Å². The first-order valence-corrected chi connectivity index (χ1v) is 9.20. The zero-order chi connectivity index (χ0) is 14.5. The van der Waals surface area contributed by atoms with Gasteiger partial charge in [0.05, 0.1) is 6.04 Å². The van der Waals surface area contributed by atoms with Crippen molar-refractivity contribution in [1.82, 2.24) is 4.90 Å². The molecule has 0 spiro atoms. The quantitative estimate of drug-likeness (QED) is 0.815.